The summed E-state index contributed by atoms with van der Waals surface area (Å²) in [6, 6.07) is 3.99. The molecule has 0 saturated carbocycles. The number of rotatable bonds is 16. The molecule has 0 bridgehead atoms. The van der Waals surface area contributed by atoms with Crippen molar-refractivity contribution >= 4 is 35.4 Å². The number of carboxylic acid groups (broad SMARTS) is 1. The van der Waals surface area contributed by atoms with Crippen LogP contribution in [0.5, 0.6) is 5.75 Å². The van der Waals surface area contributed by atoms with Gasteiger partial charge in [-0.3, -0.25) is 14.4 Å². The second-order valence-corrected chi connectivity index (χ2v) is 10.9. The molecule has 4 N–H and O–H groups in total. The van der Waals surface area contributed by atoms with Crippen LogP contribution in [0.4, 0.5) is 0 Å². The number of benzene rings is 1. The maximum Gasteiger partial charge on any atom is 0.345 e. The Balaban J connectivity index is 2.98. The Bertz CT molecular complexity index is 1020. The van der Waals surface area contributed by atoms with Crippen molar-refractivity contribution in [3.8, 4) is 5.75 Å². The summed E-state index contributed by atoms with van der Waals surface area (Å²) in [4.78, 5) is 49.9. The van der Waals surface area contributed by atoms with Gasteiger partial charge in [-0.2, -0.15) is 0 Å². The van der Waals surface area contributed by atoms with Gasteiger partial charge in [-0.1, -0.05) is 37.6 Å². The van der Waals surface area contributed by atoms with Gasteiger partial charge < -0.3 is 30.3 Å². The third-order valence-corrected chi connectivity index (χ3v) is 6.07. The molecule has 0 aromatic heterocycles. The lowest BCUT2D eigenvalue weighted by molar-refractivity contribution is -0.171. The van der Waals surface area contributed by atoms with E-state index in [2.05, 4.69) is 10.6 Å². The number of aliphatic hydroxyl groups excluding tert-OH is 1. The first-order chi connectivity index (χ1) is 18.2. The van der Waals surface area contributed by atoms with Crippen molar-refractivity contribution in [2.75, 3.05) is 13.7 Å². The minimum absolute atomic E-state index is 0.00127. The van der Waals surface area contributed by atoms with Gasteiger partial charge in [0.25, 0.3) is 0 Å². The maximum atomic E-state index is 13.2. The molecule has 0 aliphatic rings. The largest absolute Gasteiger partial charge is 0.495 e. The van der Waals surface area contributed by atoms with E-state index >= 15 is 0 Å². The third-order valence-electron chi connectivity index (χ3n) is 5.78. The van der Waals surface area contributed by atoms with E-state index in [1.165, 1.54) is 27.0 Å². The second-order valence-electron chi connectivity index (χ2n) is 10.5. The molecule has 1 rings (SSSR count). The van der Waals surface area contributed by atoms with Crippen LogP contribution in [-0.2, 0) is 30.3 Å². The lowest BCUT2D eigenvalue weighted by atomic mass is 9.93. The highest BCUT2D eigenvalue weighted by Gasteiger charge is 2.35. The number of nitrogens with one attached hydrogen (secondary N) is 2. The van der Waals surface area contributed by atoms with Crippen LogP contribution in [0.15, 0.2) is 30.4 Å². The highest BCUT2D eigenvalue weighted by Crippen LogP contribution is 2.25. The Kier molecular flexibility index (Phi) is 14.0. The van der Waals surface area contributed by atoms with Gasteiger partial charge in [-0.25, -0.2) is 4.79 Å². The van der Waals surface area contributed by atoms with Crippen LogP contribution < -0.4 is 15.4 Å². The van der Waals surface area contributed by atoms with Crippen LogP contribution in [0.1, 0.15) is 59.4 Å². The smallest absolute Gasteiger partial charge is 0.345 e. The summed E-state index contributed by atoms with van der Waals surface area (Å²) in [5, 5.41) is 24.4. The minimum Gasteiger partial charge on any atom is -0.495 e. The number of hydrogen-bond acceptors (Lipinski definition) is 7. The summed E-state index contributed by atoms with van der Waals surface area (Å²) in [6.07, 6.45) is 2.35. The van der Waals surface area contributed by atoms with Gasteiger partial charge in [0.2, 0.25) is 11.8 Å². The van der Waals surface area contributed by atoms with Crippen LogP contribution >= 0.6 is 11.6 Å². The lowest BCUT2D eigenvalue weighted by Gasteiger charge is -2.27. The molecular formula is C28H41ClN2O8. The Morgan fingerprint density at radius 1 is 1.15 bits per heavy atom. The SMILES string of the molecule is COc1ccc(C[C@@H](NC(=O)/C=C/CCC(C)O)C(=O)NCC(C)(C)C(=O)OC(CC(C)C)C(=O)O)cc1Cl. The van der Waals surface area contributed by atoms with E-state index in [4.69, 9.17) is 21.1 Å². The van der Waals surface area contributed by atoms with Crippen LogP contribution in [-0.4, -0.2) is 65.9 Å². The summed E-state index contributed by atoms with van der Waals surface area (Å²) >= 11 is 6.22. The number of methoxy groups -OCH3 is 1. The number of carboxylic acids is 1. The van der Waals surface area contributed by atoms with Gasteiger partial charge in [0.1, 0.15) is 11.8 Å². The van der Waals surface area contributed by atoms with E-state index in [9.17, 15) is 29.4 Å². The number of allylic oxidation sites excluding steroid dienone is 1. The summed E-state index contributed by atoms with van der Waals surface area (Å²) in [6.45, 7) is 8.21. The van der Waals surface area contributed by atoms with Gasteiger partial charge >= 0.3 is 11.9 Å². The van der Waals surface area contributed by atoms with Gasteiger partial charge in [-0.05, 0) is 69.7 Å². The van der Waals surface area contributed by atoms with Gasteiger partial charge in [0.15, 0.2) is 6.10 Å². The predicted molar refractivity (Wildman–Crippen MR) is 147 cm³/mol. The Labute approximate surface area is 235 Å². The zero-order chi connectivity index (χ0) is 29.8. The topological polar surface area (TPSA) is 151 Å². The fraction of sp³-hybridized carbons (Fsp3) is 0.571. The Hall–Kier alpha value is -3.11. The number of aliphatic carboxylic acids is 1. The molecule has 0 heterocycles. The molecule has 10 nitrogen and oxygen atoms in total. The molecule has 1 aromatic carbocycles. The molecule has 0 radical (unpaired) electrons. The second kappa shape index (κ2) is 16.1. The quantitative estimate of drug-likeness (QED) is 0.175. The molecule has 2 amide bonds. The molecular weight excluding hydrogens is 528 g/mol. The number of aliphatic hydroxyl groups is 1. The molecule has 11 heteroatoms. The number of carbonyl (C=O) groups excluding carboxylic acids is 3. The molecule has 218 valence electrons. The number of ether oxygens (including phenoxy) is 2. The molecule has 39 heavy (non-hydrogen) atoms. The normalized spacial score (nSPS) is 14.0. The average molecular weight is 569 g/mol. The van der Waals surface area contributed by atoms with Crippen molar-refractivity contribution in [3.05, 3.63) is 40.9 Å². The van der Waals surface area contributed by atoms with Crippen molar-refractivity contribution in [1.82, 2.24) is 10.6 Å². The average Bonchev–Trinajstić information content (AvgIpc) is 2.84. The molecule has 2 unspecified atom stereocenters. The molecule has 1 aromatic rings. The Morgan fingerprint density at radius 2 is 1.82 bits per heavy atom. The van der Waals surface area contributed by atoms with Crippen molar-refractivity contribution in [1.29, 1.82) is 0 Å². The summed E-state index contributed by atoms with van der Waals surface area (Å²) in [5.74, 6) is -2.59. The highest BCUT2D eigenvalue weighted by molar-refractivity contribution is 6.32. The molecule has 0 spiro atoms. The van der Waals surface area contributed by atoms with Crippen molar-refractivity contribution < 1.29 is 38.9 Å². The molecule has 0 fully saturated rings. The summed E-state index contributed by atoms with van der Waals surface area (Å²) in [5.41, 5.74) is -0.574. The molecule has 0 aliphatic carbocycles. The number of halogens is 1. The fourth-order valence-electron chi connectivity index (χ4n) is 3.45. The molecule has 0 saturated heterocycles. The van der Waals surface area contributed by atoms with E-state index in [1.54, 1.807) is 31.2 Å². The number of esters is 1. The predicted octanol–water partition coefficient (Wildman–Crippen LogP) is 3.28. The number of hydrogen-bond donors (Lipinski definition) is 4. The van der Waals surface area contributed by atoms with Gasteiger partial charge in [-0.15, -0.1) is 0 Å². The van der Waals surface area contributed by atoms with E-state index in [1.807, 2.05) is 13.8 Å². The van der Waals surface area contributed by atoms with E-state index in [-0.39, 0.29) is 25.3 Å². The third kappa shape index (κ3) is 12.5. The van der Waals surface area contributed by atoms with Gasteiger partial charge in [0, 0.05) is 13.0 Å². The zero-order valence-corrected chi connectivity index (χ0v) is 24.2. The van der Waals surface area contributed by atoms with Crippen LogP contribution in [0.2, 0.25) is 5.02 Å². The van der Waals surface area contributed by atoms with Crippen molar-refractivity contribution in [2.45, 2.75) is 78.6 Å². The van der Waals surface area contributed by atoms with E-state index in [0.29, 0.717) is 29.2 Å². The fourth-order valence-corrected chi connectivity index (χ4v) is 3.73. The summed E-state index contributed by atoms with van der Waals surface area (Å²) in [7, 11) is 1.48. The maximum absolute atomic E-state index is 13.2. The first-order valence-corrected chi connectivity index (χ1v) is 13.2. The molecule has 0 aliphatic heterocycles. The van der Waals surface area contributed by atoms with E-state index < -0.39 is 47.4 Å². The van der Waals surface area contributed by atoms with E-state index in [0.717, 1.165) is 0 Å². The van der Waals surface area contributed by atoms with Crippen LogP contribution in [0.3, 0.4) is 0 Å². The minimum atomic E-state index is -1.29. The first kappa shape index (κ1) is 33.9. The number of carbonyl (C=O) groups is 4. The lowest BCUT2D eigenvalue weighted by Crippen LogP contribution is -2.51. The monoisotopic (exact) mass is 568 g/mol. The Morgan fingerprint density at radius 3 is 2.36 bits per heavy atom. The number of amides is 2. The summed E-state index contributed by atoms with van der Waals surface area (Å²) < 4.78 is 10.4. The first-order valence-electron chi connectivity index (χ1n) is 12.8. The van der Waals surface area contributed by atoms with Crippen molar-refractivity contribution in [3.63, 3.8) is 0 Å². The highest BCUT2D eigenvalue weighted by atomic mass is 35.5. The standard InChI is InChI=1S/C28H41ClN2O8/c1-17(2)13-23(26(35)36)39-27(37)28(4,5)16-30-25(34)21(31-24(33)10-8-7-9-18(3)32)15-19-11-12-22(38-6)20(29)14-19/h8,10-12,14,17-18,21,23,32H,7,9,13,15-16H2,1-6H3,(H,30,34)(H,31,33)(H,35,36)/b10-8+/t18?,21-,23?/m1/s1. The van der Waals surface area contributed by atoms with Crippen LogP contribution in [0, 0.1) is 11.3 Å². The van der Waals surface area contributed by atoms with Crippen LogP contribution in [0.25, 0.3) is 0 Å². The van der Waals surface area contributed by atoms with Gasteiger partial charge in [0.05, 0.1) is 23.7 Å². The van der Waals surface area contributed by atoms with Crippen molar-refractivity contribution in [2.24, 2.45) is 11.3 Å². The molecule has 3 atom stereocenters. The zero-order valence-electron chi connectivity index (χ0n) is 23.5.